The molecule has 2 aromatic carbocycles. The molecule has 1 aliphatic heterocycles. The number of rotatable bonds is 3. The Kier molecular flexibility index (Phi) is 3.39. The second kappa shape index (κ2) is 5.35. The van der Waals surface area contributed by atoms with Crippen LogP contribution < -0.4 is 15.4 Å². The summed E-state index contributed by atoms with van der Waals surface area (Å²) in [5.41, 5.74) is 8.53. The Morgan fingerprint density at radius 2 is 1.90 bits per heavy atom. The smallest absolute Gasteiger partial charge is 0.265 e. The molecule has 0 fully saturated rings. The van der Waals surface area contributed by atoms with Crippen molar-refractivity contribution >= 4 is 11.6 Å². The quantitative estimate of drug-likeness (QED) is 0.927. The average Bonchev–Trinajstić information content (AvgIpc) is 2.50. The van der Waals surface area contributed by atoms with Crippen LogP contribution in [0.2, 0.25) is 0 Å². The molecule has 0 atom stereocenters. The molecule has 4 heteroatoms. The lowest BCUT2D eigenvalue weighted by Crippen LogP contribution is -2.38. The van der Waals surface area contributed by atoms with Gasteiger partial charge in [-0.1, -0.05) is 36.4 Å². The Labute approximate surface area is 117 Å². The standard InChI is InChI=1S/C16H16N2O2/c17-9-13-6-7-14-15(8-13)20-11-16(19)18(14)10-12-4-2-1-3-5-12/h1-8H,9-11,17H2. The fourth-order valence-corrected chi connectivity index (χ4v) is 2.32. The highest BCUT2D eigenvalue weighted by molar-refractivity contribution is 5.97. The van der Waals surface area contributed by atoms with Crippen LogP contribution in [0.5, 0.6) is 5.75 Å². The van der Waals surface area contributed by atoms with E-state index in [4.69, 9.17) is 10.5 Å². The highest BCUT2D eigenvalue weighted by Gasteiger charge is 2.25. The highest BCUT2D eigenvalue weighted by Crippen LogP contribution is 2.33. The molecule has 102 valence electrons. The Hall–Kier alpha value is -2.33. The van der Waals surface area contributed by atoms with Crippen LogP contribution >= 0.6 is 0 Å². The third-order valence-corrected chi connectivity index (χ3v) is 3.39. The van der Waals surface area contributed by atoms with Crippen molar-refractivity contribution in [2.24, 2.45) is 5.73 Å². The summed E-state index contributed by atoms with van der Waals surface area (Å²) < 4.78 is 5.50. The minimum absolute atomic E-state index is 0.0261. The van der Waals surface area contributed by atoms with Crippen molar-refractivity contribution in [3.05, 3.63) is 59.7 Å². The highest BCUT2D eigenvalue weighted by atomic mass is 16.5. The molecule has 3 rings (SSSR count). The fourth-order valence-electron chi connectivity index (χ4n) is 2.32. The summed E-state index contributed by atoms with van der Waals surface area (Å²) in [5, 5.41) is 0. The van der Waals surface area contributed by atoms with Crippen LogP contribution in [0.25, 0.3) is 0 Å². The zero-order valence-corrected chi connectivity index (χ0v) is 11.1. The molecule has 1 amide bonds. The summed E-state index contributed by atoms with van der Waals surface area (Å²) in [4.78, 5) is 13.9. The molecule has 2 N–H and O–H groups in total. The molecule has 20 heavy (non-hydrogen) atoms. The molecular formula is C16H16N2O2. The first-order valence-corrected chi connectivity index (χ1v) is 6.58. The molecule has 0 bridgehead atoms. The molecule has 1 heterocycles. The van der Waals surface area contributed by atoms with Gasteiger partial charge in [0, 0.05) is 6.54 Å². The van der Waals surface area contributed by atoms with Gasteiger partial charge in [-0.2, -0.15) is 0 Å². The van der Waals surface area contributed by atoms with Gasteiger partial charge in [0.15, 0.2) is 6.61 Å². The summed E-state index contributed by atoms with van der Waals surface area (Å²) in [6, 6.07) is 15.7. The van der Waals surface area contributed by atoms with Gasteiger partial charge in [-0.15, -0.1) is 0 Å². The Bertz CT molecular complexity index is 626. The Morgan fingerprint density at radius 3 is 2.65 bits per heavy atom. The third kappa shape index (κ3) is 2.38. The molecule has 0 saturated carbocycles. The van der Waals surface area contributed by atoms with Crippen LogP contribution in [0.3, 0.4) is 0 Å². The van der Waals surface area contributed by atoms with Crippen molar-refractivity contribution < 1.29 is 9.53 Å². The number of ether oxygens (including phenoxy) is 1. The number of fused-ring (bicyclic) bond motifs is 1. The monoisotopic (exact) mass is 268 g/mol. The summed E-state index contributed by atoms with van der Waals surface area (Å²) in [6.07, 6.45) is 0. The zero-order chi connectivity index (χ0) is 13.9. The van der Waals surface area contributed by atoms with Crippen molar-refractivity contribution in [1.29, 1.82) is 0 Å². The van der Waals surface area contributed by atoms with Gasteiger partial charge in [0.25, 0.3) is 5.91 Å². The van der Waals surface area contributed by atoms with Gasteiger partial charge in [-0.3, -0.25) is 4.79 Å². The lowest BCUT2D eigenvalue weighted by atomic mass is 10.1. The molecule has 0 aliphatic carbocycles. The van der Waals surface area contributed by atoms with Crippen molar-refractivity contribution in [3.8, 4) is 5.75 Å². The summed E-state index contributed by atoms with van der Waals surface area (Å²) >= 11 is 0. The first-order chi connectivity index (χ1) is 9.78. The van der Waals surface area contributed by atoms with Crippen molar-refractivity contribution in [3.63, 3.8) is 0 Å². The second-order valence-electron chi connectivity index (χ2n) is 4.76. The molecule has 0 spiro atoms. The number of carbonyl (C=O) groups excluding carboxylic acids is 1. The normalized spacial score (nSPS) is 13.8. The van der Waals surface area contributed by atoms with Gasteiger partial charge in [-0.25, -0.2) is 0 Å². The minimum Gasteiger partial charge on any atom is -0.482 e. The number of benzene rings is 2. The van der Waals surface area contributed by atoms with E-state index in [1.165, 1.54) is 0 Å². The predicted octanol–water partition coefficient (Wildman–Crippen LogP) is 2.07. The number of anilines is 1. The van der Waals surface area contributed by atoms with E-state index in [2.05, 4.69) is 0 Å². The van der Waals surface area contributed by atoms with Crippen LogP contribution in [0.4, 0.5) is 5.69 Å². The van der Waals surface area contributed by atoms with Crippen molar-refractivity contribution in [1.82, 2.24) is 0 Å². The number of hydrogen-bond donors (Lipinski definition) is 1. The van der Waals surface area contributed by atoms with Crippen LogP contribution in [0.1, 0.15) is 11.1 Å². The molecule has 0 unspecified atom stereocenters. The zero-order valence-electron chi connectivity index (χ0n) is 11.1. The van der Waals surface area contributed by atoms with E-state index in [0.29, 0.717) is 13.1 Å². The largest absolute Gasteiger partial charge is 0.482 e. The molecule has 1 aliphatic rings. The average molecular weight is 268 g/mol. The first-order valence-electron chi connectivity index (χ1n) is 6.58. The van der Waals surface area contributed by atoms with Crippen LogP contribution in [-0.4, -0.2) is 12.5 Å². The summed E-state index contributed by atoms with van der Waals surface area (Å²) in [6.45, 7) is 1.09. The molecule has 0 saturated heterocycles. The van der Waals surface area contributed by atoms with E-state index in [9.17, 15) is 4.79 Å². The van der Waals surface area contributed by atoms with Gasteiger partial charge in [0.05, 0.1) is 12.2 Å². The van der Waals surface area contributed by atoms with Crippen LogP contribution in [-0.2, 0) is 17.9 Å². The SMILES string of the molecule is NCc1ccc2c(c1)OCC(=O)N2Cc1ccccc1. The van der Waals surface area contributed by atoms with E-state index >= 15 is 0 Å². The number of nitrogens with two attached hydrogens (primary N) is 1. The van der Waals surface area contributed by atoms with Crippen LogP contribution in [0.15, 0.2) is 48.5 Å². The minimum atomic E-state index is -0.0261. The van der Waals surface area contributed by atoms with Gasteiger partial charge in [0.2, 0.25) is 0 Å². The summed E-state index contributed by atoms with van der Waals surface area (Å²) in [7, 11) is 0. The summed E-state index contributed by atoms with van der Waals surface area (Å²) in [5.74, 6) is 0.699. The van der Waals surface area contributed by atoms with E-state index in [1.807, 2.05) is 48.5 Å². The van der Waals surface area contributed by atoms with E-state index in [1.54, 1.807) is 4.90 Å². The number of nitrogens with zero attached hydrogens (tertiary/aromatic N) is 1. The molecule has 0 radical (unpaired) electrons. The maximum atomic E-state index is 12.1. The topological polar surface area (TPSA) is 55.6 Å². The van der Waals surface area contributed by atoms with Gasteiger partial charge in [-0.05, 0) is 23.3 Å². The maximum Gasteiger partial charge on any atom is 0.265 e. The third-order valence-electron chi connectivity index (χ3n) is 3.39. The lowest BCUT2D eigenvalue weighted by Gasteiger charge is -2.29. The van der Waals surface area contributed by atoms with E-state index in [0.717, 1.165) is 22.6 Å². The van der Waals surface area contributed by atoms with Crippen molar-refractivity contribution in [2.45, 2.75) is 13.1 Å². The van der Waals surface area contributed by atoms with Gasteiger partial charge >= 0.3 is 0 Å². The molecule has 2 aromatic rings. The van der Waals surface area contributed by atoms with E-state index < -0.39 is 0 Å². The second-order valence-corrected chi connectivity index (χ2v) is 4.76. The number of amides is 1. The van der Waals surface area contributed by atoms with E-state index in [-0.39, 0.29) is 12.5 Å². The predicted molar refractivity (Wildman–Crippen MR) is 77.5 cm³/mol. The van der Waals surface area contributed by atoms with Gasteiger partial charge in [0.1, 0.15) is 5.75 Å². The first kappa shape index (κ1) is 12.7. The van der Waals surface area contributed by atoms with Crippen LogP contribution in [0, 0.1) is 0 Å². The molecular weight excluding hydrogens is 252 g/mol. The maximum absolute atomic E-state index is 12.1. The lowest BCUT2D eigenvalue weighted by molar-refractivity contribution is -0.121. The Morgan fingerprint density at radius 1 is 1.10 bits per heavy atom. The van der Waals surface area contributed by atoms with Gasteiger partial charge < -0.3 is 15.4 Å². The molecule has 0 aromatic heterocycles. The van der Waals surface area contributed by atoms with Crippen molar-refractivity contribution in [2.75, 3.05) is 11.5 Å². The molecule has 4 nitrogen and oxygen atoms in total. The fraction of sp³-hybridized carbons (Fsp3) is 0.188. The Balaban J connectivity index is 1.93. The number of carbonyl (C=O) groups is 1. The number of hydrogen-bond acceptors (Lipinski definition) is 3.